The Kier molecular flexibility index (Phi) is 4.53. The lowest BCUT2D eigenvalue weighted by molar-refractivity contribution is 0.0698. The van der Waals surface area contributed by atoms with Crippen molar-refractivity contribution < 1.29 is 18.3 Å². The van der Waals surface area contributed by atoms with E-state index in [4.69, 9.17) is 10.4 Å². The van der Waals surface area contributed by atoms with Crippen LogP contribution >= 0.6 is 22.6 Å². The molecule has 0 aliphatic carbocycles. The van der Waals surface area contributed by atoms with E-state index in [-0.39, 0.29) is 11.3 Å². The van der Waals surface area contributed by atoms with E-state index >= 15 is 0 Å². The molecule has 1 aromatic rings. The summed E-state index contributed by atoms with van der Waals surface area (Å²) >= 11 is 1.92. The molecular formula is C10H9IN2O4S. The number of carbonyl (C=O) groups is 1. The maximum atomic E-state index is 11.7. The van der Waals surface area contributed by atoms with Gasteiger partial charge in [-0.05, 0) is 47.7 Å². The Hall–Kier alpha value is -1.34. The Labute approximate surface area is 118 Å². The van der Waals surface area contributed by atoms with Gasteiger partial charge in [0.15, 0.2) is 5.25 Å². The minimum Gasteiger partial charge on any atom is -0.478 e. The molecule has 0 saturated heterocycles. The molecule has 1 unspecified atom stereocenters. The van der Waals surface area contributed by atoms with Crippen LogP contribution in [0.4, 0.5) is 5.69 Å². The number of hydrogen-bond acceptors (Lipinski definition) is 4. The lowest BCUT2D eigenvalue weighted by atomic mass is 10.2. The molecular weight excluding hydrogens is 371 g/mol. The molecule has 1 rings (SSSR count). The molecule has 0 radical (unpaired) electrons. The molecule has 6 nitrogen and oxygen atoms in total. The molecule has 0 heterocycles. The molecule has 0 spiro atoms. The second-order valence-electron chi connectivity index (χ2n) is 3.41. The van der Waals surface area contributed by atoms with Crippen LogP contribution in [-0.4, -0.2) is 24.7 Å². The second-order valence-corrected chi connectivity index (χ2v) is 6.66. The minimum atomic E-state index is -3.91. The fraction of sp³-hybridized carbons (Fsp3) is 0.200. The number of benzene rings is 1. The molecule has 0 aromatic heterocycles. The summed E-state index contributed by atoms with van der Waals surface area (Å²) < 4.78 is 26.1. The minimum absolute atomic E-state index is 0.0509. The summed E-state index contributed by atoms with van der Waals surface area (Å²) in [7, 11) is -3.91. The fourth-order valence-electron chi connectivity index (χ4n) is 1.09. The van der Waals surface area contributed by atoms with E-state index in [0.29, 0.717) is 3.57 Å². The first-order valence-corrected chi connectivity index (χ1v) is 7.34. The number of nitriles is 1. The average molecular weight is 380 g/mol. The molecule has 96 valence electrons. The predicted octanol–water partition coefficient (Wildman–Crippen LogP) is 1.64. The van der Waals surface area contributed by atoms with Gasteiger partial charge in [-0.15, -0.1) is 0 Å². The Morgan fingerprint density at radius 1 is 1.56 bits per heavy atom. The molecule has 18 heavy (non-hydrogen) atoms. The van der Waals surface area contributed by atoms with E-state index in [1.54, 1.807) is 12.1 Å². The van der Waals surface area contributed by atoms with Crippen molar-refractivity contribution in [2.24, 2.45) is 0 Å². The highest BCUT2D eigenvalue weighted by molar-refractivity contribution is 14.1. The first kappa shape index (κ1) is 14.7. The van der Waals surface area contributed by atoms with Crippen LogP contribution in [0.25, 0.3) is 0 Å². The molecule has 0 fully saturated rings. The zero-order chi connectivity index (χ0) is 13.9. The zero-order valence-electron chi connectivity index (χ0n) is 9.21. The molecule has 0 bridgehead atoms. The van der Waals surface area contributed by atoms with Gasteiger partial charge in [-0.2, -0.15) is 5.26 Å². The van der Waals surface area contributed by atoms with Gasteiger partial charge in [-0.3, -0.25) is 4.72 Å². The highest BCUT2D eigenvalue weighted by Gasteiger charge is 2.22. The predicted molar refractivity (Wildman–Crippen MR) is 73.7 cm³/mol. The summed E-state index contributed by atoms with van der Waals surface area (Å²) in [5.74, 6) is -1.24. The van der Waals surface area contributed by atoms with Crippen molar-refractivity contribution in [3.05, 3.63) is 27.3 Å². The van der Waals surface area contributed by atoms with Gasteiger partial charge in [-0.25, -0.2) is 13.2 Å². The smallest absolute Gasteiger partial charge is 0.337 e. The fourth-order valence-corrected chi connectivity index (χ4v) is 2.38. The molecule has 0 saturated carbocycles. The summed E-state index contributed by atoms with van der Waals surface area (Å²) in [6, 6.07) is 5.86. The van der Waals surface area contributed by atoms with Crippen LogP contribution in [0.15, 0.2) is 18.2 Å². The molecule has 0 amide bonds. The topological polar surface area (TPSA) is 107 Å². The third-order valence-electron chi connectivity index (χ3n) is 2.11. The molecule has 1 atom stereocenters. The number of anilines is 1. The Morgan fingerprint density at radius 3 is 2.67 bits per heavy atom. The number of nitrogens with one attached hydrogen (secondary N) is 1. The molecule has 0 aliphatic rings. The van der Waals surface area contributed by atoms with Crippen LogP contribution in [0.1, 0.15) is 17.3 Å². The largest absolute Gasteiger partial charge is 0.478 e. The second kappa shape index (κ2) is 5.53. The van der Waals surface area contributed by atoms with E-state index in [9.17, 15) is 13.2 Å². The third kappa shape index (κ3) is 3.33. The van der Waals surface area contributed by atoms with E-state index in [0.717, 1.165) is 0 Å². The van der Waals surface area contributed by atoms with Crippen LogP contribution in [0, 0.1) is 14.9 Å². The Balaban J connectivity index is 3.21. The zero-order valence-corrected chi connectivity index (χ0v) is 12.2. The van der Waals surface area contributed by atoms with Crippen molar-refractivity contribution in [2.75, 3.05) is 4.72 Å². The van der Waals surface area contributed by atoms with Crippen LogP contribution in [-0.2, 0) is 10.0 Å². The lowest BCUT2D eigenvalue weighted by Crippen LogP contribution is -2.24. The van der Waals surface area contributed by atoms with Crippen LogP contribution in [0.2, 0.25) is 0 Å². The molecule has 0 aliphatic heterocycles. The number of hydrogen-bond donors (Lipinski definition) is 2. The van der Waals surface area contributed by atoms with Crippen LogP contribution in [0.3, 0.4) is 0 Å². The third-order valence-corrected chi connectivity index (χ3v) is 4.32. The number of carboxylic acid groups (broad SMARTS) is 1. The van der Waals surface area contributed by atoms with Gasteiger partial charge in [0.05, 0.1) is 17.3 Å². The summed E-state index contributed by atoms with van der Waals surface area (Å²) in [5.41, 5.74) is -0.208. The van der Waals surface area contributed by atoms with Gasteiger partial charge in [0, 0.05) is 3.57 Å². The highest BCUT2D eigenvalue weighted by Crippen LogP contribution is 2.21. The van der Waals surface area contributed by atoms with Crippen LogP contribution < -0.4 is 4.72 Å². The number of carboxylic acids is 1. The first-order valence-electron chi connectivity index (χ1n) is 4.72. The maximum Gasteiger partial charge on any atom is 0.337 e. The lowest BCUT2D eigenvalue weighted by Gasteiger charge is -2.11. The van der Waals surface area contributed by atoms with E-state index in [2.05, 4.69) is 4.72 Å². The highest BCUT2D eigenvalue weighted by atomic mass is 127. The Bertz CT molecular complexity index is 621. The monoisotopic (exact) mass is 380 g/mol. The number of sulfonamides is 1. The van der Waals surface area contributed by atoms with Gasteiger partial charge < -0.3 is 5.11 Å². The van der Waals surface area contributed by atoms with E-state index < -0.39 is 21.2 Å². The summed E-state index contributed by atoms with van der Waals surface area (Å²) in [6.45, 7) is 1.22. The maximum absolute atomic E-state index is 11.7. The first-order chi connectivity index (χ1) is 8.27. The van der Waals surface area contributed by atoms with Gasteiger partial charge >= 0.3 is 5.97 Å². The van der Waals surface area contributed by atoms with Gasteiger partial charge in [-0.1, -0.05) is 0 Å². The van der Waals surface area contributed by atoms with Crippen molar-refractivity contribution in [1.82, 2.24) is 0 Å². The van der Waals surface area contributed by atoms with Crippen molar-refractivity contribution in [2.45, 2.75) is 12.2 Å². The number of aromatic carboxylic acids is 1. The molecule has 8 heteroatoms. The Morgan fingerprint density at radius 2 is 2.17 bits per heavy atom. The van der Waals surface area contributed by atoms with Gasteiger partial charge in [0.1, 0.15) is 0 Å². The number of rotatable bonds is 4. The SMILES string of the molecule is CC(C#N)S(=O)(=O)Nc1ccc(I)cc1C(=O)O. The molecule has 1 aromatic carbocycles. The normalized spacial score (nSPS) is 12.5. The van der Waals surface area contributed by atoms with Gasteiger partial charge in [0.25, 0.3) is 0 Å². The van der Waals surface area contributed by atoms with Crippen molar-refractivity contribution in [3.8, 4) is 6.07 Å². The summed E-state index contributed by atoms with van der Waals surface area (Å²) in [6.07, 6.45) is 0. The van der Waals surface area contributed by atoms with Crippen molar-refractivity contribution in [3.63, 3.8) is 0 Å². The quantitative estimate of drug-likeness (QED) is 0.773. The van der Waals surface area contributed by atoms with Crippen molar-refractivity contribution >= 4 is 44.3 Å². The number of nitrogens with zero attached hydrogens (tertiary/aromatic N) is 1. The number of halogens is 1. The average Bonchev–Trinajstić information content (AvgIpc) is 2.29. The van der Waals surface area contributed by atoms with Gasteiger partial charge in [0.2, 0.25) is 10.0 Å². The summed E-state index contributed by atoms with van der Waals surface area (Å²) in [4.78, 5) is 11.0. The summed E-state index contributed by atoms with van der Waals surface area (Å²) in [5, 5.41) is 16.3. The van der Waals surface area contributed by atoms with E-state index in [1.807, 2.05) is 22.6 Å². The van der Waals surface area contributed by atoms with Crippen LogP contribution in [0.5, 0.6) is 0 Å². The standard InChI is InChI=1S/C10H9IN2O4S/c1-6(5-12)18(16,17)13-9-3-2-7(11)4-8(9)10(14)15/h2-4,6,13H,1H3,(H,14,15). The van der Waals surface area contributed by atoms with Crippen molar-refractivity contribution in [1.29, 1.82) is 5.26 Å². The van der Waals surface area contributed by atoms with E-state index in [1.165, 1.54) is 19.1 Å². The molecule has 2 N–H and O–H groups in total.